The number of hydrogen-bond donors (Lipinski definition) is 1. The molecular formula is C20H29NO4. The van der Waals surface area contributed by atoms with Crippen LogP contribution < -0.4 is 0 Å². The molecule has 1 heterocycles. The van der Waals surface area contributed by atoms with Gasteiger partial charge in [-0.2, -0.15) is 0 Å². The first kappa shape index (κ1) is 19.3. The van der Waals surface area contributed by atoms with Gasteiger partial charge in [0.15, 0.2) is 5.54 Å². The fraction of sp³-hybridized carbons (Fsp3) is 0.600. The summed E-state index contributed by atoms with van der Waals surface area (Å²) in [7, 11) is 0. The molecule has 5 nitrogen and oxygen atoms in total. The molecule has 0 bridgehead atoms. The van der Waals surface area contributed by atoms with Crippen LogP contribution in [0.2, 0.25) is 0 Å². The van der Waals surface area contributed by atoms with Gasteiger partial charge in [0.05, 0.1) is 0 Å². The third kappa shape index (κ3) is 3.80. The lowest BCUT2D eigenvalue weighted by molar-refractivity contribution is -0.150. The number of carbonyl (C=O) groups is 2. The number of aliphatic carboxylic acids is 1. The van der Waals surface area contributed by atoms with Crippen molar-refractivity contribution < 1.29 is 19.4 Å². The summed E-state index contributed by atoms with van der Waals surface area (Å²) in [4.78, 5) is 26.2. The van der Waals surface area contributed by atoms with Crippen molar-refractivity contribution in [2.24, 2.45) is 0 Å². The Morgan fingerprint density at radius 1 is 1.08 bits per heavy atom. The standard InChI is InChI=1S/C20H29NO4/c1-18(2,3)14-8-10-15(11-9-14)20(16(22)23)12-7-13-21(20)17(24)25-19(4,5)6/h8-11H,7,12-13H2,1-6H3,(H,22,23)/t20-/m1/s1. The van der Waals surface area contributed by atoms with E-state index in [4.69, 9.17) is 4.74 Å². The van der Waals surface area contributed by atoms with E-state index in [9.17, 15) is 14.7 Å². The summed E-state index contributed by atoms with van der Waals surface area (Å²) >= 11 is 0. The van der Waals surface area contributed by atoms with E-state index in [-0.39, 0.29) is 5.41 Å². The molecule has 1 aliphatic rings. The normalized spacial score (nSPS) is 21.3. The largest absolute Gasteiger partial charge is 0.479 e. The number of likely N-dealkylation sites (tertiary alicyclic amines) is 1. The molecule has 1 fully saturated rings. The average Bonchev–Trinajstić information content (AvgIpc) is 2.90. The molecule has 0 aliphatic carbocycles. The number of amides is 1. The maximum absolute atomic E-state index is 12.6. The number of rotatable bonds is 2. The lowest BCUT2D eigenvalue weighted by Gasteiger charge is -2.36. The van der Waals surface area contributed by atoms with Crippen molar-refractivity contribution in [3.63, 3.8) is 0 Å². The first-order chi connectivity index (χ1) is 11.4. The van der Waals surface area contributed by atoms with E-state index in [1.165, 1.54) is 4.90 Å². The van der Waals surface area contributed by atoms with Crippen molar-refractivity contribution in [3.05, 3.63) is 35.4 Å². The first-order valence-corrected chi connectivity index (χ1v) is 8.73. The number of ether oxygens (including phenoxy) is 1. The lowest BCUT2D eigenvalue weighted by atomic mass is 9.82. The number of carbonyl (C=O) groups excluding carboxylic acids is 1. The van der Waals surface area contributed by atoms with Crippen LogP contribution in [0, 0.1) is 0 Å². The molecule has 1 aromatic rings. The van der Waals surface area contributed by atoms with Crippen LogP contribution in [0.5, 0.6) is 0 Å². The summed E-state index contributed by atoms with van der Waals surface area (Å²) in [6, 6.07) is 7.56. The number of nitrogens with zero attached hydrogens (tertiary/aromatic N) is 1. The van der Waals surface area contributed by atoms with Gasteiger partial charge in [-0.15, -0.1) is 0 Å². The molecule has 1 amide bonds. The zero-order valence-electron chi connectivity index (χ0n) is 16.0. The van der Waals surface area contributed by atoms with Gasteiger partial charge in [-0.1, -0.05) is 45.0 Å². The molecule has 138 valence electrons. The van der Waals surface area contributed by atoms with Crippen LogP contribution in [0.4, 0.5) is 4.79 Å². The Hall–Kier alpha value is -2.04. The highest BCUT2D eigenvalue weighted by Crippen LogP contribution is 2.41. The highest BCUT2D eigenvalue weighted by molar-refractivity contribution is 5.86. The van der Waals surface area contributed by atoms with Gasteiger partial charge in [0.2, 0.25) is 0 Å². The molecule has 0 aromatic heterocycles. The number of hydrogen-bond acceptors (Lipinski definition) is 3. The molecule has 1 aromatic carbocycles. The van der Waals surface area contributed by atoms with Gasteiger partial charge in [-0.3, -0.25) is 4.90 Å². The van der Waals surface area contributed by atoms with E-state index in [1.54, 1.807) is 20.8 Å². The summed E-state index contributed by atoms with van der Waals surface area (Å²) in [6.45, 7) is 12.0. The average molecular weight is 347 g/mol. The van der Waals surface area contributed by atoms with Gasteiger partial charge in [0.25, 0.3) is 0 Å². The van der Waals surface area contributed by atoms with Crippen LogP contribution in [0.25, 0.3) is 0 Å². The monoisotopic (exact) mass is 347 g/mol. The highest BCUT2D eigenvalue weighted by Gasteiger charge is 2.52. The third-order valence-corrected chi connectivity index (χ3v) is 4.58. The number of carboxylic acids is 1. The van der Waals surface area contributed by atoms with Crippen LogP contribution in [-0.4, -0.2) is 34.2 Å². The van der Waals surface area contributed by atoms with Crippen molar-refractivity contribution >= 4 is 12.1 Å². The second-order valence-corrected chi connectivity index (χ2v) is 8.73. The van der Waals surface area contributed by atoms with E-state index in [2.05, 4.69) is 20.8 Å². The zero-order chi connectivity index (χ0) is 19.0. The van der Waals surface area contributed by atoms with Crippen molar-refractivity contribution in [3.8, 4) is 0 Å². The van der Waals surface area contributed by atoms with Crippen LogP contribution in [-0.2, 0) is 20.5 Å². The molecule has 1 N–H and O–H groups in total. The molecule has 0 spiro atoms. The van der Waals surface area contributed by atoms with Crippen LogP contribution in [0.3, 0.4) is 0 Å². The van der Waals surface area contributed by atoms with Gasteiger partial charge < -0.3 is 9.84 Å². The molecule has 1 saturated heterocycles. The summed E-state index contributed by atoms with van der Waals surface area (Å²) in [5.41, 5.74) is -0.302. The highest BCUT2D eigenvalue weighted by atomic mass is 16.6. The molecule has 2 rings (SSSR count). The van der Waals surface area contributed by atoms with Gasteiger partial charge in [-0.25, -0.2) is 9.59 Å². The minimum absolute atomic E-state index is 0.0184. The maximum Gasteiger partial charge on any atom is 0.411 e. The molecule has 5 heteroatoms. The minimum Gasteiger partial charge on any atom is -0.479 e. The van der Waals surface area contributed by atoms with Crippen molar-refractivity contribution in [1.82, 2.24) is 4.90 Å². The van der Waals surface area contributed by atoms with E-state index < -0.39 is 23.2 Å². The van der Waals surface area contributed by atoms with Crippen LogP contribution in [0.1, 0.15) is 65.5 Å². The molecule has 0 unspecified atom stereocenters. The Morgan fingerprint density at radius 2 is 1.64 bits per heavy atom. The molecule has 0 saturated carbocycles. The van der Waals surface area contributed by atoms with Gasteiger partial charge >= 0.3 is 12.1 Å². The third-order valence-electron chi connectivity index (χ3n) is 4.58. The SMILES string of the molecule is CC(C)(C)OC(=O)N1CCC[C@]1(C(=O)O)c1ccc(C(C)(C)C)cc1. The summed E-state index contributed by atoms with van der Waals surface area (Å²) in [5.74, 6) is -1.01. The Kier molecular flexibility index (Phi) is 4.90. The molecule has 25 heavy (non-hydrogen) atoms. The van der Waals surface area contributed by atoms with E-state index in [1.807, 2.05) is 24.3 Å². The Morgan fingerprint density at radius 3 is 2.08 bits per heavy atom. The van der Waals surface area contributed by atoms with Crippen LogP contribution >= 0.6 is 0 Å². The Balaban J connectivity index is 2.44. The Bertz CT molecular complexity index is 652. The fourth-order valence-corrected chi connectivity index (χ4v) is 3.27. The predicted octanol–water partition coefficient (Wildman–Crippen LogP) is 4.29. The van der Waals surface area contributed by atoms with E-state index in [0.29, 0.717) is 24.9 Å². The van der Waals surface area contributed by atoms with E-state index >= 15 is 0 Å². The fourth-order valence-electron chi connectivity index (χ4n) is 3.27. The van der Waals surface area contributed by atoms with Crippen molar-refractivity contribution in [2.45, 2.75) is 70.9 Å². The van der Waals surface area contributed by atoms with Crippen molar-refractivity contribution in [2.75, 3.05) is 6.54 Å². The van der Waals surface area contributed by atoms with E-state index in [0.717, 1.165) is 5.56 Å². The minimum atomic E-state index is -1.36. The number of carboxylic acid groups (broad SMARTS) is 1. The van der Waals surface area contributed by atoms with Gasteiger partial charge in [0, 0.05) is 6.54 Å². The van der Waals surface area contributed by atoms with Crippen molar-refractivity contribution in [1.29, 1.82) is 0 Å². The summed E-state index contributed by atoms with van der Waals surface area (Å²) in [5, 5.41) is 10.0. The smallest absolute Gasteiger partial charge is 0.411 e. The predicted molar refractivity (Wildman–Crippen MR) is 96.6 cm³/mol. The zero-order valence-corrected chi connectivity index (χ0v) is 16.0. The maximum atomic E-state index is 12.6. The molecule has 1 aliphatic heterocycles. The second kappa shape index (κ2) is 6.36. The molecule has 1 atom stereocenters. The lowest BCUT2D eigenvalue weighted by Crippen LogP contribution is -2.52. The second-order valence-electron chi connectivity index (χ2n) is 8.73. The summed E-state index contributed by atoms with van der Waals surface area (Å²) < 4.78 is 5.45. The summed E-state index contributed by atoms with van der Waals surface area (Å²) in [6.07, 6.45) is 0.440. The van der Waals surface area contributed by atoms with Gasteiger partial charge in [-0.05, 0) is 50.2 Å². The topological polar surface area (TPSA) is 66.8 Å². The molecule has 0 radical (unpaired) electrons. The Labute approximate surface area is 150 Å². The van der Waals surface area contributed by atoms with Crippen LogP contribution in [0.15, 0.2) is 24.3 Å². The first-order valence-electron chi connectivity index (χ1n) is 8.73. The molecular weight excluding hydrogens is 318 g/mol. The number of benzene rings is 1. The quantitative estimate of drug-likeness (QED) is 0.866. The van der Waals surface area contributed by atoms with Gasteiger partial charge in [0.1, 0.15) is 5.60 Å².